The van der Waals surface area contributed by atoms with E-state index in [1.54, 1.807) is 0 Å². The zero-order chi connectivity index (χ0) is 14.5. The number of hydrogen-bond acceptors (Lipinski definition) is 7. The van der Waals surface area contributed by atoms with Gasteiger partial charge in [-0.05, 0) is 26.2 Å². The topological polar surface area (TPSA) is 96.5 Å². The number of thioether (sulfide) groups is 2. The van der Waals surface area contributed by atoms with E-state index in [-0.39, 0.29) is 11.7 Å². The van der Waals surface area contributed by atoms with Gasteiger partial charge in [0.2, 0.25) is 17.0 Å². The van der Waals surface area contributed by atoms with Crippen LogP contribution in [0.5, 0.6) is 0 Å². The molecule has 2 aromatic rings. The van der Waals surface area contributed by atoms with E-state index in [2.05, 4.69) is 30.5 Å². The van der Waals surface area contributed by atoms with Gasteiger partial charge in [-0.1, -0.05) is 23.5 Å². The minimum atomic E-state index is -0.179. The zero-order valence-electron chi connectivity index (χ0n) is 11.3. The number of aromatic nitrogens is 5. The number of hydrogen-bond donors (Lipinski definition) is 2. The average Bonchev–Trinajstić information content (AvgIpc) is 2.83. The van der Waals surface area contributed by atoms with Crippen molar-refractivity contribution in [3.63, 3.8) is 0 Å². The summed E-state index contributed by atoms with van der Waals surface area (Å²) in [6, 6.07) is 1.89. The van der Waals surface area contributed by atoms with Gasteiger partial charge >= 0.3 is 0 Å². The highest BCUT2D eigenvalue weighted by molar-refractivity contribution is 7.99. The number of amides is 1. The van der Waals surface area contributed by atoms with Crippen molar-refractivity contribution >= 4 is 35.4 Å². The van der Waals surface area contributed by atoms with Gasteiger partial charge in [0.05, 0.1) is 5.75 Å². The molecule has 106 valence electrons. The Kier molecular flexibility index (Phi) is 4.96. The molecule has 2 heterocycles. The molecule has 0 unspecified atom stereocenters. The lowest BCUT2D eigenvalue weighted by Gasteiger charge is -2.03. The zero-order valence-corrected chi connectivity index (χ0v) is 12.9. The molecule has 0 saturated carbocycles. The van der Waals surface area contributed by atoms with Crippen LogP contribution in [0.2, 0.25) is 0 Å². The number of aryl methyl sites for hydroxylation is 2. The van der Waals surface area contributed by atoms with Crippen LogP contribution in [0.25, 0.3) is 0 Å². The van der Waals surface area contributed by atoms with Crippen LogP contribution in [0.1, 0.15) is 11.4 Å². The molecule has 2 N–H and O–H groups in total. The standard InChI is InChI=1S/C11H14N6OS2/c1-6-4-7(2)13-10(12-6)20-5-8(18)14-9-15-11(19-3)17-16-9/h4H,5H2,1-3H3,(H2,14,15,16,17,18). The van der Waals surface area contributed by atoms with Gasteiger partial charge in [0, 0.05) is 11.4 Å². The number of carbonyl (C=O) groups excluding carboxylic acids is 1. The molecule has 0 fully saturated rings. The summed E-state index contributed by atoms with van der Waals surface area (Å²) in [4.78, 5) is 24.4. The quantitative estimate of drug-likeness (QED) is 0.640. The molecule has 0 spiro atoms. The first kappa shape index (κ1) is 14.8. The van der Waals surface area contributed by atoms with Crippen LogP contribution in [0.15, 0.2) is 16.4 Å². The van der Waals surface area contributed by atoms with E-state index >= 15 is 0 Å². The molecule has 2 aromatic heterocycles. The average molecular weight is 310 g/mol. The van der Waals surface area contributed by atoms with Crippen molar-refractivity contribution in [2.75, 3.05) is 17.3 Å². The minimum Gasteiger partial charge on any atom is -0.294 e. The first-order valence-corrected chi connectivity index (χ1v) is 7.99. The van der Waals surface area contributed by atoms with Crippen molar-refractivity contribution < 1.29 is 4.79 Å². The molecule has 0 aliphatic rings. The Hall–Kier alpha value is -1.61. The number of anilines is 1. The normalized spacial score (nSPS) is 10.6. The minimum absolute atomic E-state index is 0.179. The Labute approximate surface area is 124 Å². The highest BCUT2D eigenvalue weighted by atomic mass is 32.2. The maximum atomic E-state index is 11.8. The Morgan fingerprint density at radius 1 is 1.25 bits per heavy atom. The van der Waals surface area contributed by atoms with E-state index in [1.807, 2.05) is 26.2 Å². The molecule has 7 nitrogen and oxygen atoms in total. The van der Waals surface area contributed by atoms with Crippen LogP contribution in [0, 0.1) is 13.8 Å². The molecular weight excluding hydrogens is 296 g/mol. The molecule has 0 aliphatic heterocycles. The summed E-state index contributed by atoms with van der Waals surface area (Å²) in [5.41, 5.74) is 1.78. The van der Waals surface area contributed by atoms with Crippen LogP contribution in [-0.4, -0.2) is 43.1 Å². The van der Waals surface area contributed by atoms with E-state index in [0.29, 0.717) is 16.3 Å². The van der Waals surface area contributed by atoms with Crippen LogP contribution in [0.4, 0.5) is 5.95 Å². The Morgan fingerprint density at radius 2 is 1.95 bits per heavy atom. The molecule has 0 atom stereocenters. The predicted octanol–water partition coefficient (Wildman–Crippen LogP) is 1.66. The summed E-state index contributed by atoms with van der Waals surface area (Å²) < 4.78 is 0. The van der Waals surface area contributed by atoms with Gasteiger partial charge in [0.15, 0.2) is 5.16 Å². The second kappa shape index (κ2) is 6.71. The van der Waals surface area contributed by atoms with Crippen LogP contribution >= 0.6 is 23.5 Å². The second-order valence-corrected chi connectivity index (χ2v) is 5.66. The number of rotatable bonds is 5. The number of nitrogens with one attached hydrogen (secondary N) is 2. The third-order valence-corrected chi connectivity index (χ3v) is 3.59. The SMILES string of the molecule is CSc1n[nH]c(NC(=O)CSc2nc(C)cc(C)n2)n1. The van der Waals surface area contributed by atoms with E-state index in [9.17, 15) is 4.79 Å². The fraction of sp³-hybridized carbons (Fsp3) is 0.364. The van der Waals surface area contributed by atoms with Gasteiger partial charge in [-0.3, -0.25) is 10.1 Å². The lowest BCUT2D eigenvalue weighted by Crippen LogP contribution is -2.15. The summed E-state index contributed by atoms with van der Waals surface area (Å²) in [5, 5.41) is 10.4. The molecule has 20 heavy (non-hydrogen) atoms. The van der Waals surface area contributed by atoms with Gasteiger partial charge in [0.1, 0.15) is 0 Å². The number of H-pyrrole nitrogens is 1. The number of aromatic amines is 1. The molecule has 0 bridgehead atoms. The summed E-state index contributed by atoms with van der Waals surface area (Å²) in [6.07, 6.45) is 1.86. The number of nitrogens with zero attached hydrogens (tertiary/aromatic N) is 4. The second-order valence-electron chi connectivity index (χ2n) is 3.94. The van der Waals surface area contributed by atoms with Gasteiger partial charge in [-0.2, -0.15) is 4.98 Å². The molecule has 0 saturated heterocycles. The van der Waals surface area contributed by atoms with Gasteiger partial charge in [-0.25, -0.2) is 15.1 Å². The summed E-state index contributed by atoms with van der Waals surface area (Å²) in [5.74, 6) is 0.390. The highest BCUT2D eigenvalue weighted by Gasteiger charge is 2.09. The van der Waals surface area contributed by atoms with Crippen molar-refractivity contribution in [1.29, 1.82) is 0 Å². The van der Waals surface area contributed by atoms with Crippen molar-refractivity contribution in [3.8, 4) is 0 Å². The molecule has 2 rings (SSSR count). The van der Waals surface area contributed by atoms with E-state index in [4.69, 9.17) is 0 Å². The Morgan fingerprint density at radius 3 is 2.55 bits per heavy atom. The molecule has 0 aliphatic carbocycles. The van der Waals surface area contributed by atoms with Gasteiger partial charge in [-0.15, -0.1) is 5.10 Å². The van der Waals surface area contributed by atoms with Gasteiger partial charge in [0.25, 0.3) is 0 Å². The molecule has 0 radical (unpaired) electrons. The third-order valence-electron chi connectivity index (χ3n) is 2.20. The van der Waals surface area contributed by atoms with Crippen LogP contribution < -0.4 is 5.32 Å². The van der Waals surface area contributed by atoms with Crippen molar-refractivity contribution in [1.82, 2.24) is 25.1 Å². The smallest absolute Gasteiger partial charge is 0.237 e. The summed E-state index contributed by atoms with van der Waals surface area (Å²) in [7, 11) is 0. The largest absolute Gasteiger partial charge is 0.294 e. The maximum Gasteiger partial charge on any atom is 0.237 e. The monoisotopic (exact) mass is 310 g/mol. The first-order valence-electron chi connectivity index (χ1n) is 5.78. The van der Waals surface area contributed by atoms with Crippen LogP contribution in [0.3, 0.4) is 0 Å². The lowest BCUT2D eigenvalue weighted by atomic mass is 10.4. The maximum absolute atomic E-state index is 11.8. The van der Waals surface area contributed by atoms with Crippen molar-refractivity contribution in [2.45, 2.75) is 24.2 Å². The van der Waals surface area contributed by atoms with E-state index < -0.39 is 0 Å². The fourth-order valence-corrected chi connectivity index (χ4v) is 2.52. The van der Waals surface area contributed by atoms with E-state index in [1.165, 1.54) is 23.5 Å². The lowest BCUT2D eigenvalue weighted by molar-refractivity contribution is -0.113. The van der Waals surface area contributed by atoms with Crippen molar-refractivity contribution in [3.05, 3.63) is 17.5 Å². The molecule has 1 amide bonds. The fourth-order valence-electron chi connectivity index (χ4n) is 1.45. The Bertz CT molecular complexity index is 594. The van der Waals surface area contributed by atoms with Gasteiger partial charge < -0.3 is 0 Å². The van der Waals surface area contributed by atoms with E-state index in [0.717, 1.165) is 11.4 Å². The van der Waals surface area contributed by atoms with Crippen molar-refractivity contribution in [2.24, 2.45) is 0 Å². The third kappa shape index (κ3) is 4.20. The Balaban J connectivity index is 1.88. The molecule has 0 aromatic carbocycles. The molecular formula is C11H14N6OS2. The number of carbonyl (C=O) groups is 1. The first-order chi connectivity index (χ1) is 9.56. The predicted molar refractivity (Wildman–Crippen MR) is 79.0 cm³/mol. The van der Waals surface area contributed by atoms with Crippen LogP contribution in [-0.2, 0) is 4.79 Å². The highest BCUT2D eigenvalue weighted by Crippen LogP contribution is 2.15. The molecule has 9 heteroatoms. The summed E-state index contributed by atoms with van der Waals surface area (Å²) in [6.45, 7) is 3.80. The summed E-state index contributed by atoms with van der Waals surface area (Å²) >= 11 is 2.69.